The second-order valence-electron chi connectivity index (χ2n) is 5.30. The molecule has 0 aliphatic carbocycles. The molecule has 0 heterocycles. The first kappa shape index (κ1) is 17.1. The molecule has 0 bridgehead atoms. The van der Waals surface area contributed by atoms with E-state index < -0.39 is 0 Å². The van der Waals surface area contributed by atoms with Crippen molar-refractivity contribution in [2.24, 2.45) is 0 Å². The Morgan fingerprint density at radius 2 is 1.50 bits per heavy atom. The number of ether oxygens (including phenoxy) is 2. The van der Waals surface area contributed by atoms with Gasteiger partial charge in [-0.25, -0.2) is 4.39 Å². The predicted octanol–water partition coefficient (Wildman–Crippen LogP) is 4.47. The maximum absolute atomic E-state index is 14.0. The van der Waals surface area contributed by atoms with E-state index in [1.54, 1.807) is 20.3 Å². The van der Waals surface area contributed by atoms with E-state index in [-0.39, 0.29) is 5.82 Å². The van der Waals surface area contributed by atoms with Crippen LogP contribution in [0.4, 0.5) is 4.39 Å². The number of rotatable bonds is 6. The van der Waals surface area contributed by atoms with Crippen molar-refractivity contribution in [1.29, 1.82) is 0 Å². The Kier molecular flexibility index (Phi) is 6.07. The van der Waals surface area contributed by atoms with Crippen LogP contribution < -0.4 is 0 Å². The van der Waals surface area contributed by atoms with Crippen LogP contribution in [-0.4, -0.2) is 14.2 Å². The third-order valence-corrected chi connectivity index (χ3v) is 4.27. The molecule has 4 heteroatoms. The highest BCUT2D eigenvalue weighted by molar-refractivity contribution is 7.15. The van der Waals surface area contributed by atoms with E-state index in [1.807, 2.05) is 12.1 Å². The van der Waals surface area contributed by atoms with Crippen LogP contribution in [0.15, 0.2) is 30.3 Å². The molecule has 0 spiro atoms. The average Bonchev–Trinajstić information content (AvgIpc) is 2.51. The molecule has 0 saturated carbocycles. The summed E-state index contributed by atoms with van der Waals surface area (Å²) in [6.45, 7) is 3.12. The summed E-state index contributed by atoms with van der Waals surface area (Å²) >= 11 is 0. The molecule has 0 aliphatic heterocycles. The van der Waals surface area contributed by atoms with E-state index in [2.05, 4.69) is 28.3 Å². The zero-order valence-corrected chi connectivity index (χ0v) is 14.4. The van der Waals surface area contributed by atoms with E-state index in [0.717, 1.165) is 27.8 Å². The van der Waals surface area contributed by atoms with E-state index >= 15 is 0 Å². The third kappa shape index (κ3) is 3.73. The van der Waals surface area contributed by atoms with E-state index in [4.69, 9.17) is 9.47 Å². The third-order valence-electron chi connectivity index (χ3n) is 3.83. The maximum Gasteiger partial charge on any atom is 0.127 e. The molecule has 0 amide bonds. The van der Waals surface area contributed by atoms with Crippen molar-refractivity contribution in [3.63, 3.8) is 0 Å². The van der Waals surface area contributed by atoms with Gasteiger partial charge in [-0.1, -0.05) is 12.1 Å². The minimum absolute atomic E-state index is 0.172. The first-order valence-electron chi connectivity index (χ1n) is 7.19. The molecule has 118 valence electrons. The van der Waals surface area contributed by atoms with Crippen molar-refractivity contribution >= 4 is 9.24 Å². The molecule has 2 rings (SSSR count). The van der Waals surface area contributed by atoms with Gasteiger partial charge in [-0.05, 0) is 64.7 Å². The number of methoxy groups -OCH3 is 2. The summed E-state index contributed by atoms with van der Waals surface area (Å²) in [6, 6.07) is 9.52. The smallest absolute Gasteiger partial charge is 0.127 e. The fourth-order valence-corrected chi connectivity index (χ4v) is 2.84. The minimum Gasteiger partial charge on any atom is -0.380 e. The molecule has 2 nitrogen and oxygen atoms in total. The molecular formula is C18H22FO2P. The van der Waals surface area contributed by atoms with Crippen molar-refractivity contribution in [3.8, 4) is 11.1 Å². The highest BCUT2D eigenvalue weighted by Crippen LogP contribution is 2.28. The SMILES string of the molecule is COCc1cc(-c2ccc(CP)c(F)c2)cc(COC)c1C. The lowest BCUT2D eigenvalue weighted by Crippen LogP contribution is -2.00. The predicted molar refractivity (Wildman–Crippen MR) is 91.4 cm³/mol. The van der Waals surface area contributed by atoms with Crippen LogP contribution in [0.3, 0.4) is 0 Å². The largest absolute Gasteiger partial charge is 0.380 e. The van der Waals surface area contributed by atoms with Gasteiger partial charge in [-0.2, -0.15) is 0 Å². The summed E-state index contributed by atoms with van der Waals surface area (Å²) in [5.41, 5.74) is 5.92. The van der Waals surface area contributed by atoms with Crippen LogP contribution in [-0.2, 0) is 28.8 Å². The fourth-order valence-electron chi connectivity index (χ4n) is 2.51. The zero-order valence-electron chi connectivity index (χ0n) is 13.3. The first-order valence-corrected chi connectivity index (χ1v) is 8.01. The second-order valence-corrected chi connectivity index (χ2v) is 5.70. The summed E-state index contributed by atoms with van der Waals surface area (Å²) in [5.74, 6) is -0.172. The van der Waals surface area contributed by atoms with Crippen LogP contribution in [0, 0.1) is 12.7 Å². The van der Waals surface area contributed by atoms with Gasteiger partial charge in [0.15, 0.2) is 0 Å². The quantitative estimate of drug-likeness (QED) is 0.731. The lowest BCUT2D eigenvalue weighted by Gasteiger charge is -2.14. The molecular weight excluding hydrogens is 298 g/mol. The van der Waals surface area contributed by atoms with Crippen LogP contribution in [0.5, 0.6) is 0 Å². The van der Waals surface area contributed by atoms with Crippen LogP contribution in [0.1, 0.15) is 22.3 Å². The molecule has 0 aliphatic rings. The molecule has 0 aromatic heterocycles. The minimum atomic E-state index is -0.172. The highest BCUT2D eigenvalue weighted by atomic mass is 31.0. The summed E-state index contributed by atoms with van der Waals surface area (Å²) in [5, 5.41) is 0. The van der Waals surface area contributed by atoms with Gasteiger partial charge in [-0.3, -0.25) is 0 Å². The number of hydrogen-bond donors (Lipinski definition) is 0. The highest BCUT2D eigenvalue weighted by Gasteiger charge is 2.10. The van der Waals surface area contributed by atoms with Crippen LogP contribution in [0.25, 0.3) is 11.1 Å². The van der Waals surface area contributed by atoms with Crippen molar-refractivity contribution in [3.05, 3.63) is 58.4 Å². The Balaban J connectivity index is 2.51. The number of hydrogen-bond acceptors (Lipinski definition) is 2. The van der Waals surface area contributed by atoms with Crippen LogP contribution >= 0.6 is 9.24 Å². The Morgan fingerprint density at radius 1 is 0.909 bits per heavy atom. The van der Waals surface area contributed by atoms with Gasteiger partial charge in [0.25, 0.3) is 0 Å². The normalized spacial score (nSPS) is 11.0. The standard InChI is InChI=1S/C18H22FO2P/c1-12-16(9-20-2)6-15(7-17(12)10-21-3)13-4-5-14(11-22)18(19)8-13/h4-8H,9-11,22H2,1-3H3. The fraction of sp³-hybridized carbons (Fsp3) is 0.333. The monoisotopic (exact) mass is 320 g/mol. The van der Waals surface area contributed by atoms with Gasteiger partial charge in [0, 0.05) is 14.2 Å². The van der Waals surface area contributed by atoms with Gasteiger partial charge in [0.05, 0.1) is 13.2 Å². The Labute approximate surface area is 133 Å². The number of benzene rings is 2. The lowest BCUT2D eigenvalue weighted by atomic mass is 9.95. The summed E-state index contributed by atoms with van der Waals surface area (Å²) in [4.78, 5) is 0. The topological polar surface area (TPSA) is 18.5 Å². The first-order chi connectivity index (χ1) is 10.6. The Bertz CT molecular complexity index is 629. The van der Waals surface area contributed by atoms with Gasteiger partial charge in [0.1, 0.15) is 5.82 Å². The molecule has 0 radical (unpaired) electrons. The summed E-state index contributed by atoms with van der Waals surface area (Å²) in [6.07, 6.45) is 0.615. The maximum atomic E-state index is 14.0. The molecule has 22 heavy (non-hydrogen) atoms. The van der Waals surface area contributed by atoms with Crippen molar-refractivity contribution in [1.82, 2.24) is 0 Å². The van der Waals surface area contributed by atoms with E-state index in [1.165, 1.54) is 0 Å². The average molecular weight is 320 g/mol. The van der Waals surface area contributed by atoms with Crippen molar-refractivity contribution < 1.29 is 13.9 Å². The zero-order chi connectivity index (χ0) is 16.1. The molecule has 1 atom stereocenters. The molecule has 1 unspecified atom stereocenters. The van der Waals surface area contributed by atoms with Gasteiger partial charge in [0.2, 0.25) is 0 Å². The van der Waals surface area contributed by atoms with Crippen molar-refractivity contribution in [2.75, 3.05) is 14.2 Å². The van der Waals surface area contributed by atoms with Gasteiger partial charge >= 0.3 is 0 Å². The summed E-state index contributed by atoms with van der Waals surface area (Å²) in [7, 11) is 5.90. The van der Waals surface area contributed by atoms with E-state index in [9.17, 15) is 4.39 Å². The van der Waals surface area contributed by atoms with Gasteiger partial charge < -0.3 is 9.47 Å². The Morgan fingerprint density at radius 3 is 1.95 bits per heavy atom. The number of halogens is 1. The second kappa shape index (κ2) is 7.82. The van der Waals surface area contributed by atoms with Gasteiger partial charge in [-0.15, -0.1) is 9.24 Å². The molecule has 0 N–H and O–H groups in total. The molecule has 2 aromatic carbocycles. The van der Waals surface area contributed by atoms with Crippen molar-refractivity contribution in [2.45, 2.75) is 26.3 Å². The molecule has 0 fully saturated rings. The lowest BCUT2D eigenvalue weighted by molar-refractivity contribution is 0.179. The summed E-state index contributed by atoms with van der Waals surface area (Å²) < 4.78 is 24.6. The van der Waals surface area contributed by atoms with E-state index in [0.29, 0.717) is 24.9 Å². The van der Waals surface area contributed by atoms with Crippen LogP contribution in [0.2, 0.25) is 0 Å². The Hall–Kier alpha value is -1.28. The molecule has 0 saturated heterocycles. The molecule has 2 aromatic rings.